The number of nitrogens with one attached hydrogen (secondary N) is 1. The second-order valence-corrected chi connectivity index (χ2v) is 4.33. The van der Waals surface area contributed by atoms with E-state index in [0.717, 1.165) is 0 Å². The molecule has 0 unspecified atom stereocenters. The molecule has 94 valence electrons. The number of rotatable bonds is 4. The van der Waals surface area contributed by atoms with E-state index in [2.05, 4.69) is 21.2 Å². The fourth-order valence-corrected chi connectivity index (χ4v) is 1.73. The Morgan fingerprint density at radius 3 is 2.78 bits per heavy atom. The van der Waals surface area contributed by atoms with Gasteiger partial charge in [0.05, 0.1) is 17.1 Å². The van der Waals surface area contributed by atoms with Gasteiger partial charge in [0.1, 0.15) is 16.5 Å². The highest BCUT2D eigenvalue weighted by Gasteiger charge is 2.11. The molecule has 7 heteroatoms. The van der Waals surface area contributed by atoms with E-state index in [1.54, 1.807) is 12.1 Å². The van der Waals surface area contributed by atoms with Crippen molar-refractivity contribution in [3.05, 3.63) is 56.5 Å². The summed E-state index contributed by atoms with van der Waals surface area (Å²) < 4.78 is 18.3. The molecule has 0 bridgehead atoms. The van der Waals surface area contributed by atoms with Crippen LogP contribution < -0.4 is 5.32 Å². The second kappa shape index (κ2) is 5.18. The summed E-state index contributed by atoms with van der Waals surface area (Å²) in [6.07, 6.45) is 0. The molecule has 0 saturated carbocycles. The molecule has 1 N–H and O–H groups in total. The summed E-state index contributed by atoms with van der Waals surface area (Å²) in [5.41, 5.74) is 0.683. The van der Waals surface area contributed by atoms with E-state index in [0.29, 0.717) is 15.9 Å². The molecule has 2 rings (SSSR count). The van der Waals surface area contributed by atoms with E-state index in [1.165, 1.54) is 18.2 Å². The lowest BCUT2D eigenvalue weighted by molar-refractivity contribution is -0.402. The Morgan fingerprint density at radius 2 is 2.17 bits per heavy atom. The molecule has 0 aliphatic rings. The molecule has 1 heterocycles. The van der Waals surface area contributed by atoms with Crippen molar-refractivity contribution in [2.24, 2.45) is 0 Å². The van der Waals surface area contributed by atoms with Crippen molar-refractivity contribution in [1.82, 2.24) is 0 Å². The van der Waals surface area contributed by atoms with E-state index in [4.69, 9.17) is 4.42 Å². The fourth-order valence-electron chi connectivity index (χ4n) is 1.35. The van der Waals surface area contributed by atoms with Crippen molar-refractivity contribution < 1.29 is 13.7 Å². The van der Waals surface area contributed by atoms with E-state index in [-0.39, 0.29) is 18.2 Å². The Morgan fingerprint density at radius 1 is 1.39 bits per heavy atom. The third kappa shape index (κ3) is 2.86. The minimum atomic E-state index is -0.599. The lowest BCUT2D eigenvalue weighted by Gasteiger charge is -2.04. The highest BCUT2D eigenvalue weighted by Crippen LogP contribution is 2.21. The van der Waals surface area contributed by atoms with Gasteiger partial charge in [-0.3, -0.25) is 10.1 Å². The first-order valence-corrected chi connectivity index (χ1v) is 5.77. The summed E-state index contributed by atoms with van der Waals surface area (Å²) in [4.78, 5) is 9.81. The van der Waals surface area contributed by atoms with Crippen LogP contribution in [0.1, 0.15) is 5.76 Å². The van der Waals surface area contributed by atoms with Crippen LogP contribution in [-0.4, -0.2) is 4.92 Å². The van der Waals surface area contributed by atoms with E-state index in [9.17, 15) is 14.5 Å². The molecule has 2 aromatic rings. The standard InChI is InChI=1S/C11H8BrFN2O3/c12-9-5-7(1-3-10(9)13)14-6-8-2-4-11(18-8)15(16)17/h1-5,14H,6H2. The molecule has 5 nitrogen and oxygen atoms in total. The van der Waals surface area contributed by atoms with Gasteiger partial charge in [-0.25, -0.2) is 4.39 Å². The van der Waals surface area contributed by atoms with Crippen LogP contribution in [0.25, 0.3) is 0 Å². The minimum Gasteiger partial charge on any atom is -0.404 e. The van der Waals surface area contributed by atoms with Gasteiger partial charge in [-0.1, -0.05) is 0 Å². The van der Waals surface area contributed by atoms with Gasteiger partial charge < -0.3 is 9.73 Å². The number of anilines is 1. The molecule has 0 spiro atoms. The molecule has 0 atom stereocenters. The highest BCUT2D eigenvalue weighted by atomic mass is 79.9. The number of nitrogens with zero attached hydrogens (tertiary/aromatic N) is 1. The summed E-state index contributed by atoms with van der Waals surface area (Å²) in [6.45, 7) is 0.284. The van der Waals surface area contributed by atoms with Gasteiger partial charge in [0.25, 0.3) is 0 Å². The monoisotopic (exact) mass is 314 g/mol. The molecule has 18 heavy (non-hydrogen) atoms. The third-order valence-electron chi connectivity index (χ3n) is 2.21. The Hall–Kier alpha value is -1.89. The average molecular weight is 315 g/mol. The van der Waals surface area contributed by atoms with Crippen LogP contribution in [0, 0.1) is 15.9 Å². The van der Waals surface area contributed by atoms with Crippen molar-refractivity contribution in [1.29, 1.82) is 0 Å². The van der Waals surface area contributed by atoms with Crippen LogP contribution in [0.2, 0.25) is 0 Å². The fraction of sp³-hybridized carbons (Fsp3) is 0.0909. The second-order valence-electron chi connectivity index (χ2n) is 3.48. The maximum absolute atomic E-state index is 13.0. The van der Waals surface area contributed by atoms with Gasteiger partial charge in [-0.05, 0) is 40.2 Å². The zero-order valence-electron chi connectivity index (χ0n) is 9.02. The van der Waals surface area contributed by atoms with E-state index >= 15 is 0 Å². The van der Waals surface area contributed by atoms with Gasteiger partial charge in [0, 0.05) is 5.69 Å². The molecule has 0 amide bonds. The van der Waals surface area contributed by atoms with Crippen molar-refractivity contribution in [3.63, 3.8) is 0 Å². The van der Waals surface area contributed by atoms with E-state index < -0.39 is 4.92 Å². The zero-order valence-corrected chi connectivity index (χ0v) is 10.6. The van der Waals surface area contributed by atoms with Crippen LogP contribution in [0.4, 0.5) is 16.0 Å². The number of benzene rings is 1. The topological polar surface area (TPSA) is 68.3 Å². The van der Waals surface area contributed by atoms with Crippen LogP contribution in [0.15, 0.2) is 39.2 Å². The van der Waals surface area contributed by atoms with Crippen LogP contribution in [-0.2, 0) is 6.54 Å². The predicted octanol–water partition coefficient (Wildman–Crippen LogP) is 3.70. The summed E-state index contributed by atoms with van der Waals surface area (Å²) in [5, 5.41) is 13.4. The van der Waals surface area contributed by atoms with Gasteiger partial charge in [-0.15, -0.1) is 0 Å². The van der Waals surface area contributed by atoms with E-state index in [1.807, 2.05) is 0 Å². The maximum atomic E-state index is 13.0. The first kappa shape index (κ1) is 12.6. The van der Waals surface area contributed by atoms with Crippen molar-refractivity contribution in [3.8, 4) is 0 Å². The number of nitro groups is 1. The zero-order chi connectivity index (χ0) is 13.1. The summed E-state index contributed by atoms with van der Waals surface area (Å²) >= 11 is 3.07. The molecule has 0 saturated heterocycles. The first-order valence-electron chi connectivity index (χ1n) is 4.98. The predicted molar refractivity (Wildman–Crippen MR) is 66.8 cm³/mol. The van der Waals surface area contributed by atoms with Gasteiger partial charge >= 0.3 is 5.88 Å². The summed E-state index contributed by atoms with van der Waals surface area (Å²) in [7, 11) is 0. The molecule has 0 fully saturated rings. The maximum Gasteiger partial charge on any atom is 0.433 e. The first-order chi connectivity index (χ1) is 8.56. The highest BCUT2D eigenvalue weighted by molar-refractivity contribution is 9.10. The largest absolute Gasteiger partial charge is 0.433 e. The molecule has 1 aromatic carbocycles. The van der Waals surface area contributed by atoms with Crippen molar-refractivity contribution in [2.75, 3.05) is 5.32 Å². The molecular formula is C11H8BrFN2O3. The number of halogens is 2. The molecular weight excluding hydrogens is 307 g/mol. The lowest BCUT2D eigenvalue weighted by atomic mass is 10.3. The number of hydrogen-bond acceptors (Lipinski definition) is 4. The summed E-state index contributed by atoms with van der Waals surface area (Å²) in [6, 6.07) is 7.27. The Balaban J connectivity index is 2.02. The van der Waals surface area contributed by atoms with Crippen LogP contribution in [0.3, 0.4) is 0 Å². The Labute approximate surface area is 110 Å². The quantitative estimate of drug-likeness (QED) is 0.690. The van der Waals surface area contributed by atoms with Crippen LogP contribution in [0.5, 0.6) is 0 Å². The lowest BCUT2D eigenvalue weighted by Crippen LogP contribution is -1.98. The van der Waals surface area contributed by atoms with Crippen molar-refractivity contribution in [2.45, 2.75) is 6.54 Å². The minimum absolute atomic E-state index is 0.284. The Kier molecular flexibility index (Phi) is 3.61. The van der Waals surface area contributed by atoms with Gasteiger partial charge in [0.2, 0.25) is 0 Å². The van der Waals surface area contributed by atoms with Crippen LogP contribution >= 0.6 is 15.9 Å². The Bertz CT molecular complexity index is 585. The average Bonchev–Trinajstić information content (AvgIpc) is 2.79. The molecule has 0 aliphatic carbocycles. The SMILES string of the molecule is O=[N+]([O-])c1ccc(CNc2ccc(F)c(Br)c2)o1. The number of hydrogen-bond donors (Lipinski definition) is 1. The smallest absolute Gasteiger partial charge is 0.404 e. The number of furan rings is 1. The normalized spacial score (nSPS) is 10.3. The molecule has 0 radical (unpaired) electrons. The summed E-state index contributed by atoms with van der Waals surface area (Å²) in [5.74, 6) is -0.219. The molecule has 1 aromatic heterocycles. The molecule has 0 aliphatic heterocycles. The van der Waals surface area contributed by atoms with Crippen molar-refractivity contribution >= 4 is 27.5 Å². The van der Waals surface area contributed by atoms with Gasteiger partial charge in [-0.2, -0.15) is 0 Å². The van der Waals surface area contributed by atoms with Gasteiger partial charge in [0.15, 0.2) is 0 Å². The third-order valence-corrected chi connectivity index (χ3v) is 2.82.